The summed E-state index contributed by atoms with van der Waals surface area (Å²) in [6.07, 6.45) is 0. The average Bonchev–Trinajstić information content (AvgIpc) is 2.48. The van der Waals surface area contributed by atoms with Crippen molar-refractivity contribution in [2.75, 3.05) is 6.61 Å². The van der Waals surface area contributed by atoms with E-state index >= 15 is 0 Å². The van der Waals surface area contributed by atoms with Gasteiger partial charge in [0.2, 0.25) is 0 Å². The van der Waals surface area contributed by atoms with Crippen LogP contribution in [0.4, 0.5) is 0 Å². The highest BCUT2D eigenvalue weighted by molar-refractivity contribution is 6.42. The fourth-order valence-corrected chi connectivity index (χ4v) is 2.15. The van der Waals surface area contributed by atoms with Gasteiger partial charge in [0.15, 0.2) is 12.4 Å². The Labute approximate surface area is 134 Å². The highest BCUT2D eigenvalue weighted by atomic mass is 35.5. The Bertz CT molecular complexity index is 634. The third-order valence-electron chi connectivity index (χ3n) is 3.16. The standard InChI is InChI=1S/C17H16Cl2O2/c1-11(2)12-3-6-14(7-4-12)21-10-17(20)13-5-8-15(18)16(19)9-13/h3-9,11H,10H2,1-2H3. The van der Waals surface area contributed by atoms with E-state index in [1.165, 1.54) is 5.56 Å². The maximum atomic E-state index is 12.0. The fraction of sp³-hybridized carbons (Fsp3) is 0.235. The molecule has 0 N–H and O–H groups in total. The van der Waals surface area contributed by atoms with Crippen molar-refractivity contribution in [3.05, 3.63) is 63.6 Å². The van der Waals surface area contributed by atoms with Gasteiger partial charge in [-0.25, -0.2) is 0 Å². The lowest BCUT2D eigenvalue weighted by molar-refractivity contribution is 0.0921. The Kier molecular flexibility index (Phi) is 5.27. The van der Waals surface area contributed by atoms with E-state index < -0.39 is 0 Å². The minimum atomic E-state index is -0.137. The number of Topliss-reactive ketones (excluding diaryl/α,β-unsaturated/α-hetero) is 1. The van der Waals surface area contributed by atoms with Gasteiger partial charge in [-0.3, -0.25) is 4.79 Å². The second-order valence-electron chi connectivity index (χ2n) is 5.06. The SMILES string of the molecule is CC(C)c1ccc(OCC(=O)c2ccc(Cl)c(Cl)c2)cc1. The Hall–Kier alpha value is -1.51. The highest BCUT2D eigenvalue weighted by Crippen LogP contribution is 2.23. The molecule has 0 aromatic heterocycles. The first kappa shape index (κ1) is 15.9. The van der Waals surface area contributed by atoms with Gasteiger partial charge in [0.25, 0.3) is 0 Å². The molecule has 2 aromatic carbocycles. The van der Waals surface area contributed by atoms with Gasteiger partial charge in [0, 0.05) is 5.56 Å². The summed E-state index contributed by atoms with van der Waals surface area (Å²) in [5.41, 5.74) is 1.72. The van der Waals surface area contributed by atoms with Crippen molar-refractivity contribution >= 4 is 29.0 Å². The molecule has 4 heteroatoms. The van der Waals surface area contributed by atoms with Crippen LogP contribution in [-0.4, -0.2) is 12.4 Å². The summed E-state index contributed by atoms with van der Waals surface area (Å²) in [7, 11) is 0. The number of ether oxygens (including phenoxy) is 1. The molecular formula is C17H16Cl2O2. The summed E-state index contributed by atoms with van der Waals surface area (Å²) >= 11 is 11.7. The van der Waals surface area contributed by atoms with Gasteiger partial charge >= 0.3 is 0 Å². The molecule has 0 saturated heterocycles. The topological polar surface area (TPSA) is 26.3 Å². The summed E-state index contributed by atoms with van der Waals surface area (Å²) in [5.74, 6) is 1.01. The molecule has 0 atom stereocenters. The average molecular weight is 323 g/mol. The van der Waals surface area contributed by atoms with Gasteiger partial charge in [-0.2, -0.15) is 0 Å². The Morgan fingerprint density at radius 1 is 1.05 bits per heavy atom. The second-order valence-corrected chi connectivity index (χ2v) is 5.88. The summed E-state index contributed by atoms with van der Waals surface area (Å²) in [5, 5.41) is 0.794. The number of carbonyl (C=O) groups is 1. The number of benzene rings is 2. The van der Waals surface area contributed by atoms with E-state index in [2.05, 4.69) is 13.8 Å². The molecule has 0 fully saturated rings. The van der Waals surface area contributed by atoms with Crippen LogP contribution >= 0.6 is 23.2 Å². The lowest BCUT2D eigenvalue weighted by atomic mass is 10.0. The Morgan fingerprint density at radius 3 is 2.29 bits per heavy atom. The van der Waals surface area contributed by atoms with Crippen LogP contribution in [0.3, 0.4) is 0 Å². The van der Waals surface area contributed by atoms with Crippen LogP contribution in [0, 0.1) is 0 Å². The van der Waals surface area contributed by atoms with E-state index in [0.29, 0.717) is 27.3 Å². The van der Waals surface area contributed by atoms with Gasteiger partial charge in [-0.1, -0.05) is 49.2 Å². The predicted octanol–water partition coefficient (Wildman–Crippen LogP) is 5.38. The van der Waals surface area contributed by atoms with Gasteiger partial charge in [0.1, 0.15) is 5.75 Å². The van der Waals surface area contributed by atoms with Crippen LogP contribution in [-0.2, 0) is 0 Å². The van der Waals surface area contributed by atoms with E-state index in [0.717, 1.165) is 0 Å². The van der Waals surface area contributed by atoms with Crippen molar-refractivity contribution in [1.29, 1.82) is 0 Å². The zero-order valence-electron chi connectivity index (χ0n) is 11.9. The molecule has 0 radical (unpaired) electrons. The zero-order chi connectivity index (χ0) is 15.4. The Balaban J connectivity index is 1.98. The normalized spacial score (nSPS) is 10.7. The molecule has 2 rings (SSSR count). The summed E-state index contributed by atoms with van der Waals surface area (Å²) in [6.45, 7) is 4.23. The first-order valence-electron chi connectivity index (χ1n) is 6.68. The molecule has 0 aliphatic heterocycles. The summed E-state index contributed by atoms with van der Waals surface area (Å²) < 4.78 is 5.50. The lowest BCUT2D eigenvalue weighted by Gasteiger charge is -2.09. The molecule has 0 saturated carbocycles. The number of rotatable bonds is 5. The molecular weight excluding hydrogens is 307 g/mol. The van der Waals surface area contributed by atoms with Crippen molar-refractivity contribution in [3.8, 4) is 5.75 Å². The van der Waals surface area contributed by atoms with Crippen molar-refractivity contribution in [3.63, 3.8) is 0 Å². The number of halogens is 2. The van der Waals surface area contributed by atoms with Gasteiger partial charge in [-0.05, 0) is 41.8 Å². The molecule has 110 valence electrons. The number of hydrogen-bond acceptors (Lipinski definition) is 2. The monoisotopic (exact) mass is 322 g/mol. The number of carbonyl (C=O) groups excluding carboxylic acids is 1. The molecule has 2 aromatic rings. The van der Waals surface area contributed by atoms with Gasteiger partial charge < -0.3 is 4.74 Å². The molecule has 0 aliphatic rings. The Morgan fingerprint density at radius 2 is 1.71 bits per heavy atom. The molecule has 0 aliphatic carbocycles. The van der Waals surface area contributed by atoms with Gasteiger partial charge in [-0.15, -0.1) is 0 Å². The third kappa shape index (κ3) is 4.23. The minimum Gasteiger partial charge on any atom is -0.485 e. The van der Waals surface area contributed by atoms with Crippen LogP contribution in [0.5, 0.6) is 5.75 Å². The smallest absolute Gasteiger partial charge is 0.200 e. The van der Waals surface area contributed by atoms with E-state index in [4.69, 9.17) is 27.9 Å². The van der Waals surface area contributed by atoms with Crippen molar-refractivity contribution in [2.24, 2.45) is 0 Å². The van der Waals surface area contributed by atoms with E-state index in [1.54, 1.807) is 18.2 Å². The highest BCUT2D eigenvalue weighted by Gasteiger charge is 2.09. The number of ketones is 1. The van der Waals surface area contributed by atoms with Gasteiger partial charge in [0.05, 0.1) is 10.0 Å². The number of hydrogen-bond donors (Lipinski definition) is 0. The first-order chi connectivity index (χ1) is 9.97. The fourth-order valence-electron chi connectivity index (χ4n) is 1.85. The molecule has 21 heavy (non-hydrogen) atoms. The molecule has 0 spiro atoms. The van der Waals surface area contributed by atoms with Crippen molar-refractivity contribution in [1.82, 2.24) is 0 Å². The quantitative estimate of drug-likeness (QED) is 0.691. The second kappa shape index (κ2) is 6.97. The van der Waals surface area contributed by atoms with Crippen LogP contribution in [0.1, 0.15) is 35.7 Å². The summed E-state index contributed by atoms with van der Waals surface area (Å²) in [4.78, 5) is 12.0. The van der Waals surface area contributed by atoms with E-state index in [-0.39, 0.29) is 12.4 Å². The molecule has 0 amide bonds. The molecule has 0 heterocycles. The van der Waals surface area contributed by atoms with E-state index in [1.807, 2.05) is 24.3 Å². The van der Waals surface area contributed by atoms with Crippen molar-refractivity contribution in [2.45, 2.75) is 19.8 Å². The van der Waals surface area contributed by atoms with Crippen LogP contribution in [0.2, 0.25) is 10.0 Å². The minimum absolute atomic E-state index is 0.0288. The maximum Gasteiger partial charge on any atom is 0.200 e. The molecule has 2 nitrogen and oxygen atoms in total. The third-order valence-corrected chi connectivity index (χ3v) is 3.90. The van der Waals surface area contributed by atoms with Crippen LogP contribution in [0.15, 0.2) is 42.5 Å². The molecule has 0 bridgehead atoms. The van der Waals surface area contributed by atoms with Crippen LogP contribution in [0.25, 0.3) is 0 Å². The lowest BCUT2D eigenvalue weighted by Crippen LogP contribution is -2.11. The van der Waals surface area contributed by atoms with Crippen LogP contribution < -0.4 is 4.74 Å². The van der Waals surface area contributed by atoms with Crippen molar-refractivity contribution < 1.29 is 9.53 Å². The maximum absolute atomic E-state index is 12.0. The summed E-state index contributed by atoms with van der Waals surface area (Å²) in [6, 6.07) is 12.6. The molecule has 0 unspecified atom stereocenters. The van der Waals surface area contributed by atoms with E-state index in [9.17, 15) is 4.79 Å². The first-order valence-corrected chi connectivity index (χ1v) is 7.44. The predicted molar refractivity (Wildman–Crippen MR) is 86.8 cm³/mol. The largest absolute Gasteiger partial charge is 0.485 e. The zero-order valence-corrected chi connectivity index (χ0v) is 13.4.